The molecule has 2 aliphatic heterocycles. The highest BCUT2D eigenvalue weighted by Crippen LogP contribution is 2.31. The van der Waals surface area contributed by atoms with Crippen LogP contribution in [-0.2, 0) is 57.6 Å². The third kappa shape index (κ3) is 7.90. The zero-order valence-electron chi connectivity index (χ0n) is 24.3. The number of amides is 2. The second-order valence-corrected chi connectivity index (χ2v) is 13.7. The first-order chi connectivity index (χ1) is 18.1. The molecule has 0 aliphatic carbocycles. The smallest absolute Gasteiger partial charge is 0.365 e. The van der Waals surface area contributed by atoms with Crippen LogP contribution in [0.2, 0.25) is 0 Å². The van der Waals surface area contributed by atoms with Crippen molar-refractivity contribution in [1.29, 1.82) is 0 Å². The van der Waals surface area contributed by atoms with Gasteiger partial charge in [-0.25, -0.2) is 8.61 Å². The van der Waals surface area contributed by atoms with Crippen molar-refractivity contribution >= 4 is 44.4 Å². The Balaban J connectivity index is 0.000000400. The molecular weight excluding hydrogens is 574 g/mol. The van der Waals surface area contributed by atoms with E-state index >= 15 is 0 Å². The van der Waals surface area contributed by atoms with Crippen LogP contribution in [0.25, 0.3) is 0 Å². The Hall–Kier alpha value is -2.34. The van der Waals surface area contributed by atoms with Crippen molar-refractivity contribution in [1.82, 2.24) is 8.61 Å². The van der Waals surface area contributed by atoms with Crippen molar-refractivity contribution in [2.24, 2.45) is 22.5 Å². The lowest BCUT2D eigenvalue weighted by Crippen LogP contribution is -2.69. The van der Waals surface area contributed by atoms with Crippen molar-refractivity contribution in [2.75, 3.05) is 26.4 Å². The third-order valence-corrected chi connectivity index (χ3v) is 9.19. The van der Waals surface area contributed by atoms with Gasteiger partial charge in [0.1, 0.15) is 6.04 Å². The van der Waals surface area contributed by atoms with E-state index in [1.54, 1.807) is 27.7 Å². The van der Waals surface area contributed by atoms with Gasteiger partial charge in [-0.2, -0.15) is 16.8 Å². The highest BCUT2D eigenvalue weighted by molar-refractivity contribution is 7.85. The lowest BCUT2D eigenvalue weighted by molar-refractivity contribution is -0.156. The number of esters is 2. The van der Waals surface area contributed by atoms with E-state index < -0.39 is 79.9 Å². The highest BCUT2D eigenvalue weighted by atomic mass is 32.2. The van der Waals surface area contributed by atoms with E-state index in [1.807, 2.05) is 0 Å². The molecule has 2 amide bonds. The fourth-order valence-electron chi connectivity index (χ4n) is 3.30. The first-order valence-corrected chi connectivity index (χ1v) is 15.4. The van der Waals surface area contributed by atoms with E-state index in [2.05, 4.69) is 0 Å². The SMILES string of the molecule is CCOC(=O)C(C)(C)COS(=O)(=O)N1C(=O)[C@@H](C)[C@@H]1C.CCOC(=O)C(C)(C)COS(=O)(=O)N1C(=O)[C@@H](N)[C@@H]1C. The molecule has 0 spiro atoms. The molecule has 2 fully saturated rings. The molecule has 2 aliphatic rings. The number of nitrogens with two attached hydrogens (primary N) is 1. The number of rotatable bonds is 12. The normalized spacial score (nSPS) is 23.4. The van der Waals surface area contributed by atoms with Gasteiger partial charge in [0.15, 0.2) is 0 Å². The van der Waals surface area contributed by atoms with Crippen LogP contribution in [0.15, 0.2) is 0 Å². The number of ether oxygens (including phenoxy) is 2. The quantitative estimate of drug-likeness (QED) is 0.229. The summed E-state index contributed by atoms with van der Waals surface area (Å²) in [4.78, 5) is 46.2. The van der Waals surface area contributed by atoms with E-state index in [0.29, 0.717) is 8.61 Å². The van der Waals surface area contributed by atoms with Gasteiger partial charge >= 0.3 is 32.5 Å². The van der Waals surface area contributed by atoms with E-state index in [9.17, 15) is 36.0 Å². The molecule has 40 heavy (non-hydrogen) atoms. The molecule has 0 saturated carbocycles. The van der Waals surface area contributed by atoms with E-state index in [1.165, 1.54) is 34.6 Å². The van der Waals surface area contributed by atoms with Crippen molar-refractivity contribution < 1.29 is 53.9 Å². The highest BCUT2D eigenvalue weighted by Gasteiger charge is 2.51. The summed E-state index contributed by atoms with van der Waals surface area (Å²) in [5.41, 5.74) is 3.20. The molecule has 17 heteroatoms. The summed E-state index contributed by atoms with van der Waals surface area (Å²) in [7, 11) is -8.40. The Labute approximate surface area is 236 Å². The summed E-state index contributed by atoms with van der Waals surface area (Å²) < 4.78 is 68.2. The van der Waals surface area contributed by atoms with Crippen LogP contribution < -0.4 is 5.73 Å². The minimum absolute atomic E-state index is 0.186. The minimum atomic E-state index is -4.24. The molecule has 0 radical (unpaired) electrons. The monoisotopic (exact) mass is 615 g/mol. The average molecular weight is 616 g/mol. The second kappa shape index (κ2) is 13.1. The summed E-state index contributed by atoms with van der Waals surface area (Å²) in [6, 6.07) is -1.93. The minimum Gasteiger partial charge on any atom is -0.466 e. The molecule has 2 N–H and O–H groups in total. The summed E-state index contributed by atoms with van der Waals surface area (Å²) in [5.74, 6) is -2.68. The fourth-order valence-corrected chi connectivity index (χ4v) is 6.27. The Morgan fingerprint density at radius 3 is 1.40 bits per heavy atom. The van der Waals surface area contributed by atoms with Crippen LogP contribution in [-0.4, -0.2) is 93.8 Å². The predicted octanol–water partition coefficient (Wildman–Crippen LogP) is 0.0990. The van der Waals surface area contributed by atoms with Crippen LogP contribution in [0.1, 0.15) is 62.3 Å². The predicted molar refractivity (Wildman–Crippen MR) is 140 cm³/mol. The second-order valence-electron chi connectivity index (χ2n) is 10.7. The number of nitrogens with zero attached hydrogens (tertiary/aromatic N) is 2. The lowest BCUT2D eigenvalue weighted by atomic mass is 9.95. The average Bonchev–Trinajstić information content (AvgIpc) is 2.86. The van der Waals surface area contributed by atoms with Gasteiger partial charge in [-0.05, 0) is 55.4 Å². The van der Waals surface area contributed by atoms with E-state index in [-0.39, 0.29) is 25.7 Å². The molecular formula is C23H41N3O12S2. The summed E-state index contributed by atoms with van der Waals surface area (Å²) in [6.45, 7) is 13.7. The number of carbonyl (C=O) groups is 4. The summed E-state index contributed by atoms with van der Waals surface area (Å²) >= 11 is 0. The largest absolute Gasteiger partial charge is 0.466 e. The first-order valence-electron chi connectivity index (χ1n) is 12.6. The molecule has 0 aromatic rings. The number of β-lactam (4-membered cyclic amide) rings is 2. The zero-order valence-corrected chi connectivity index (χ0v) is 26.0. The number of hydrogen-bond acceptors (Lipinski definition) is 13. The molecule has 0 unspecified atom stereocenters. The van der Waals surface area contributed by atoms with Gasteiger partial charge in [-0.1, -0.05) is 6.92 Å². The van der Waals surface area contributed by atoms with Crippen LogP contribution in [0.3, 0.4) is 0 Å². The van der Waals surface area contributed by atoms with Gasteiger partial charge in [-0.15, -0.1) is 0 Å². The molecule has 0 bridgehead atoms. The summed E-state index contributed by atoms with van der Waals surface area (Å²) in [5, 5.41) is 0. The van der Waals surface area contributed by atoms with Crippen molar-refractivity contribution in [3.63, 3.8) is 0 Å². The molecule has 2 heterocycles. The molecule has 0 aromatic heterocycles. The maximum absolute atomic E-state index is 11.9. The van der Waals surface area contributed by atoms with Gasteiger partial charge in [0.2, 0.25) is 5.91 Å². The van der Waals surface area contributed by atoms with Gasteiger partial charge in [0, 0.05) is 0 Å². The van der Waals surface area contributed by atoms with Crippen LogP contribution in [0.4, 0.5) is 0 Å². The molecule has 2 rings (SSSR count). The van der Waals surface area contributed by atoms with E-state index in [4.69, 9.17) is 23.6 Å². The van der Waals surface area contributed by atoms with Crippen molar-refractivity contribution in [2.45, 2.75) is 80.4 Å². The zero-order chi connectivity index (χ0) is 31.4. The van der Waals surface area contributed by atoms with Crippen LogP contribution in [0.5, 0.6) is 0 Å². The van der Waals surface area contributed by atoms with Gasteiger partial charge in [-0.3, -0.25) is 27.5 Å². The first kappa shape index (κ1) is 35.7. The van der Waals surface area contributed by atoms with Crippen LogP contribution in [0, 0.1) is 16.7 Å². The maximum Gasteiger partial charge on any atom is 0.365 e. The Kier molecular flexibility index (Phi) is 11.7. The van der Waals surface area contributed by atoms with E-state index in [0.717, 1.165) is 0 Å². The van der Waals surface area contributed by atoms with Crippen LogP contribution >= 0.6 is 0 Å². The molecule has 0 aromatic carbocycles. The number of carbonyl (C=O) groups excluding carboxylic acids is 4. The van der Waals surface area contributed by atoms with Gasteiger partial charge in [0.25, 0.3) is 5.91 Å². The van der Waals surface area contributed by atoms with Gasteiger partial charge in [0.05, 0.1) is 55.3 Å². The Morgan fingerprint density at radius 1 is 0.750 bits per heavy atom. The molecule has 15 nitrogen and oxygen atoms in total. The molecule has 2 saturated heterocycles. The Morgan fingerprint density at radius 2 is 1.10 bits per heavy atom. The summed E-state index contributed by atoms with van der Waals surface area (Å²) in [6.07, 6.45) is 0. The van der Waals surface area contributed by atoms with Crippen molar-refractivity contribution in [3.8, 4) is 0 Å². The Bertz CT molecular complexity index is 1090. The topological polar surface area (TPSA) is 206 Å². The van der Waals surface area contributed by atoms with Gasteiger partial charge < -0.3 is 15.2 Å². The third-order valence-electron chi connectivity index (χ3n) is 6.37. The number of hydrogen-bond donors (Lipinski definition) is 1. The maximum atomic E-state index is 11.9. The molecule has 232 valence electrons. The molecule has 4 atom stereocenters. The fraction of sp³-hybridized carbons (Fsp3) is 0.826. The standard InChI is InChI=1S/C12H21NO6S.C11H20N2O6S/c1-6-18-11(15)12(4,5)7-19-20(16,17)13-9(3)8(2)10(13)14;1-5-18-10(15)11(3,4)6-19-20(16,17)13-7(2)8(12)9(13)14/h8-9H,6-7H2,1-5H3;7-8H,5-6,12H2,1-4H3/t8-,9-;7-,8-/m00/s1. The lowest BCUT2D eigenvalue weighted by Gasteiger charge is -2.41. The van der Waals surface area contributed by atoms with Crippen molar-refractivity contribution in [3.05, 3.63) is 0 Å².